The molecule has 0 unspecified atom stereocenters. The van der Waals surface area contributed by atoms with Crippen molar-refractivity contribution in [2.75, 3.05) is 5.32 Å². The lowest BCUT2D eigenvalue weighted by Crippen LogP contribution is -2.12. The van der Waals surface area contributed by atoms with Crippen LogP contribution >= 0.6 is 0 Å². The quantitative estimate of drug-likeness (QED) is 0.370. The van der Waals surface area contributed by atoms with Crippen LogP contribution in [-0.4, -0.2) is 25.8 Å². The molecule has 3 aromatic heterocycles. The highest BCUT2D eigenvalue weighted by Gasteiger charge is 2.15. The third kappa shape index (κ3) is 4.29. The monoisotopic (exact) mass is 435 g/mol. The number of benzene rings is 2. The Morgan fingerprint density at radius 1 is 1.00 bits per heavy atom. The number of H-pyrrole nitrogens is 1. The summed E-state index contributed by atoms with van der Waals surface area (Å²) in [6.07, 6.45) is 5.20. The molecule has 33 heavy (non-hydrogen) atoms. The molecule has 2 aromatic carbocycles. The number of aryl methyl sites for hydroxylation is 2. The molecule has 7 heteroatoms. The standard InChI is InChI=1S/C26H21N5O2/c1-16-5-3-7-20(13-16)29-25(32)18-9-8-17(2)22(14-18)33-26-23-21(10-12-28-23)30-24(31-26)19-6-4-11-27-15-19/h3-15,28H,1-2H3,(H,29,32). The Hall–Kier alpha value is -4.52. The first kappa shape index (κ1) is 20.4. The SMILES string of the molecule is Cc1cccc(NC(=O)c2ccc(C)c(Oc3nc(-c4cccnc4)nc4cc[nH]c34)c2)c1. The Morgan fingerprint density at radius 2 is 1.91 bits per heavy atom. The first-order valence-corrected chi connectivity index (χ1v) is 10.5. The van der Waals surface area contributed by atoms with Gasteiger partial charge in [-0.1, -0.05) is 18.2 Å². The molecule has 5 aromatic rings. The second-order valence-corrected chi connectivity index (χ2v) is 7.74. The second-order valence-electron chi connectivity index (χ2n) is 7.74. The average Bonchev–Trinajstić information content (AvgIpc) is 3.30. The number of pyridine rings is 1. The topological polar surface area (TPSA) is 92.8 Å². The smallest absolute Gasteiger partial charge is 0.255 e. The Labute approximate surface area is 190 Å². The summed E-state index contributed by atoms with van der Waals surface area (Å²) in [5.41, 5.74) is 5.37. The maximum Gasteiger partial charge on any atom is 0.255 e. The largest absolute Gasteiger partial charge is 0.437 e. The molecule has 0 radical (unpaired) electrons. The summed E-state index contributed by atoms with van der Waals surface area (Å²) in [5.74, 6) is 1.22. The molecule has 0 saturated carbocycles. The number of hydrogen-bond donors (Lipinski definition) is 2. The normalized spacial score (nSPS) is 10.8. The number of nitrogens with zero attached hydrogens (tertiary/aromatic N) is 3. The highest BCUT2D eigenvalue weighted by Crippen LogP contribution is 2.31. The van der Waals surface area contributed by atoms with Crippen molar-refractivity contribution >= 4 is 22.6 Å². The Kier molecular flexibility index (Phi) is 5.28. The van der Waals surface area contributed by atoms with Gasteiger partial charge in [-0.25, -0.2) is 4.98 Å². The lowest BCUT2D eigenvalue weighted by atomic mass is 10.1. The molecule has 0 fully saturated rings. The van der Waals surface area contributed by atoms with Gasteiger partial charge < -0.3 is 15.0 Å². The van der Waals surface area contributed by atoms with Gasteiger partial charge in [-0.2, -0.15) is 4.98 Å². The molecule has 0 bridgehead atoms. The molecule has 1 amide bonds. The van der Waals surface area contributed by atoms with Gasteiger partial charge in [0.15, 0.2) is 5.82 Å². The fourth-order valence-electron chi connectivity index (χ4n) is 3.50. The van der Waals surface area contributed by atoms with Gasteiger partial charge in [-0.15, -0.1) is 0 Å². The lowest BCUT2D eigenvalue weighted by molar-refractivity contribution is 0.102. The van der Waals surface area contributed by atoms with Gasteiger partial charge in [-0.3, -0.25) is 9.78 Å². The van der Waals surface area contributed by atoms with Gasteiger partial charge in [0.2, 0.25) is 5.88 Å². The molecule has 5 rings (SSSR count). The zero-order valence-electron chi connectivity index (χ0n) is 18.2. The fourth-order valence-corrected chi connectivity index (χ4v) is 3.50. The summed E-state index contributed by atoms with van der Waals surface area (Å²) in [7, 11) is 0. The van der Waals surface area contributed by atoms with E-state index in [1.807, 2.05) is 62.4 Å². The average molecular weight is 435 g/mol. The highest BCUT2D eigenvalue weighted by atomic mass is 16.5. The zero-order valence-corrected chi connectivity index (χ0v) is 18.2. The van der Waals surface area contributed by atoms with Crippen molar-refractivity contribution in [1.29, 1.82) is 0 Å². The molecule has 0 spiro atoms. The first-order chi connectivity index (χ1) is 16.1. The van der Waals surface area contributed by atoms with Crippen LogP contribution in [-0.2, 0) is 0 Å². The minimum Gasteiger partial charge on any atom is -0.437 e. The zero-order chi connectivity index (χ0) is 22.8. The van der Waals surface area contributed by atoms with Crippen LogP contribution in [0.2, 0.25) is 0 Å². The molecule has 0 aliphatic carbocycles. The summed E-state index contributed by atoms with van der Waals surface area (Å²) in [6.45, 7) is 3.91. The van der Waals surface area contributed by atoms with Gasteiger partial charge in [0.25, 0.3) is 5.91 Å². The second kappa shape index (κ2) is 8.55. The van der Waals surface area contributed by atoms with Crippen molar-refractivity contribution < 1.29 is 9.53 Å². The van der Waals surface area contributed by atoms with Gasteiger partial charge >= 0.3 is 0 Å². The number of fused-ring (bicyclic) bond motifs is 1. The minimum atomic E-state index is -0.214. The highest BCUT2D eigenvalue weighted by molar-refractivity contribution is 6.04. The third-order valence-electron chi connectivity index (χ3n) is 5.23. The Balaban J connectivity index is 1.48. The van der Waals surface area contributed by atoms with Gasteiger partial charge in [-0.05, 0) is 67.4 Å². The van der Waals surface area contributed by atoms with Crippen LogP contribution in [0.25, 0.3) is 22.4 Å². The maximum absolute atomic E-state index is 12.8. The summed E-state index contributed by atoms with van der Waals surface area (Å²) in [6, 6.07) is 18.6. The number of nitrogens with one attached hydrogen (secondary N) is 2. The van der Waals surface area contributed by atoms with Crippen LogP contribution in [0.1, 0.15) is 21.5 Å². The van der Waals surface area contributed by atoms with Crippen molar-refractivity contribution in [2.45, 2.75) is 13.8 Å². The molecular weight excluding hydrogens is 414 g/mol. The summed E-state index contributed by atoms with van der Waals surface area (Å²) < 4.78 is 6.22. The lowest BCUT2D eigenvalue weighted by Gasteiger charge is -2.12. The van der Waals surface area contributed by atoms with Gasteiger partial charge in [0.1, 0.15) is 11.3 Å². The van der Waals surface area contributed by atoms with Crippen LogP contribution in [0.5, 0.6) is 11.6 Å². The number of rotatable bonds is 5. The predicted molar refractivity (Wildman–Crippen MR) is 128 cm³/mol. The summed E-state index contributed by atoms with van der Waals surface area (Å²) >= 11 is 0. The van der Waals surface area contributed by atoms with E-state index in [0.717, 1.165) is 27.9 Å². The van der Waals surface area contributed by atoms with Gasteiger partial charge in [0, 0.05) is 35.4 Å². The van der Waals surface area contributed by atoms with Crippen LogP contribution in [0, 0.1) is 13.8 Å². The number of ether oxygens (including phenoxy) is 1. The number of hydrogen-bond acceptors (Lipinski definition) is 5. The van der Waals surface area contributed by atoms with E-state index in [-0.39, 0.29) is 5.91 Å². The first-order valence-electron chi connectivity index (χ1n) is 10.5. The molecule has 0 saturated heterocycles. The van der Waals surface area contributed by atoms with Crippen LogP contribution in [0.15, 0.2) is 79.3 Å². The van der Waals surface area contributed by atoms with Crippen LogP contribution in [0.4, 0.5) is 5.69 Å². The Bertz CT molecular complexity index is 1460. The molecule has 162 valence electrons. The van der Waals surface area contributed by atoms with Crippen molar-refractivity contribution in [1.82, 2.24) is 19.9 Å². The van der Waals surface area contributed by atoms with E-state index >= 15 is 0 Å². The van der Waals surface area contributed by atoms with E-state index in [1.165, 1.54) is 0 Å². The van der Waals surface area contributed by atoms with Crippen molar-refractivity contribution in [3.05, 3.63) is 95.9 Å². The molecule has 3 heterocycles. The Morgan fingerprint density at radius 3 is 2.73 bits per heavy atom. The third-order valence-corrected chi connectivity index (χ3v) is 5.23. The molecular formula is C26H21N5O2. The van der Waals surface area contributed by atoms with E-state index in [1.54, 1.807) is 30.7 Å². The van der Waals surface area contributed by atoms with E-state index in [4.69, 9.17) is 4.74 Å². The van der Waals surface area contributed by atoms with E-state index in [9.17, 15) is 4.79 Å². The van der Waals surface area contributed by atoms with E-state index < -0.39 is 0 Å². The number of amides is 1. The van der Waals surface area contributed by atoms with Gasteiger partial charge in [0.05, 0.1) is 5.52 Å². The maximum atomic E-state index is 12.8. The number of aromatic amines is 1. The van der Waals surface area contributed by atoms with E-state index in [0.29, 0.717) is 28.5 Å². The van der Waals surface area contributed by atoms with Crippen molar-refractivity contribution in [3.63, 3.8) is 0 Å². The summed E-state index contributed by atoms with van der Waals surface area (Å²) in [5, 5.41) is 2.93. The summed E-state index contributed by atoms with van der Waals surface area (Å²) in [4.78, 5) is 29.4. The van der Waals surface area contributed by atoms with E-state index in [2.05, 4.69) is 25.3 Å². The van der Waals surface area contributed by atoms with Crippen LogP contribution in [0.3, 0.4) is 0 Å². The fraction of sp³-hybridized carbons (Fsp3) is 0.0769. The number of carbonyl (C=O) groups excluding carboxylic acids is 1. The number of carbonyl (C=O) groups is 1. The molecule has 7 nitrogen and oxygen atoms in total. The minimum absolute atomic E-state index is 0.214. The number of aromatic nitrogens is 4. The number of anilines is 1. The predicted octanol–water partition coefficient (Wildman–Crippen LogP) is 5.68. The van der Waals surface area contributed by atoms with Crippen molar-refractivity contribution in [2.24, 2.45) is 0 Å². The molecule has 0 aliphatic heterocycles. The molecule has 0 atom stereocenters. The molecule has 0 aliphatic rings. The molecule has 2 N–H and O–H groups in total. The van der Waals surface area contributed by atoms with Crippen molar-refractivity contribution in [3.8, 4) is 23.0 Å². The van der Waals surface area contributed by atoms with Crippen LogP contribution < -0.4 is 10.1 Å².